The van der Waals surface area contributed by atoms with Gasteiger partial charge in [0, 0.05) is 61.4 Å². The zero-order chi connectivity index (χ0) is 32.9. The number of nitrogens with one attached hydrogen (secondary N) is 1. The van der Waals surface area contributed by atoms with Gasteiger partial charge in [0.1, 0.15) is 11.5 Å². The van der Waals surface area contributed by atoms with Crippen LogP contribution in [0.25, 0.3) is 11.7 Å². The van der Waals surface area contributed by atoms with Crippen LogP contribution in [0.1, 0.15) is 55.2 Å². The molecule has 0 unspecified atom stereocenters. The third-order valence-corrected chi connectivity index (χ3v) is 7.93. The number of piperazine rings is 1. The number of fused-ring (bicyclic) bond motifs is 1. The van der Waals surface area contributed by atoms with Gasteiger partial charge >= 0.3 is 5.97 Å². The Kier molecular flexibility index (Phi) is 10.2. The Morgan fingerprint density at radius 3 is 2.51 bits per heavy atom. The van der Waals surface area contributed by atoms with Crippen LogP contribution >= 0.6 is 11.3 Å². The van der Waals surface area contributed by atoms with Crippen LogP contribution in [0.15, 0.2) is 39.6 Å². The van der Waals surface area contributed by atoms with Crippen LogP contribution < -0.4 is 33.0 Å². The van der Waals surface area contributed by atoms with E-state index in [0.717, 1.165) is 11.8 Å². The van der Waals surface area contributed by atoms with E-state index in [1.165, 1.54) is 40.1 Å². The largest absolute Gasteiger partial charge is 0.478 e. The number of guanidine groups is 1. The minimum Gasteiger partial charge on any atom is -0.478 e. The number of carbonyl (C=O) groups excluding carboxylic acids is 2. The minimum absolute atomic E-state index is 0.0181. The minimum atomic E-state index is -1.22. The van der Waals surface area contributed by atoms with Crippen molar-refractivity contribution in [2.75, 3.05) is 42.9 Å². The van der Waals surface area contributed by atoms with Crippen molar-refractivity contribution < 1.29 is 19.5 Å². The third-order valence-electron chi connectivity index (χ3n) is 7.17. The quantitative estimate of drug-likeness (QED) is 0.0904. The fourth-order valence-electron chi connectivity index (χ4n) is 4.68. The van der Waals surface area contributed by atoms with E-state index < -0.39 is 23.5 Å². The number of hydrogen-bond donors (Lipinski definition) is 5. The SMILES string of the molecule is CC(C)(C)c1csc(NC(=O)c2ccn3c(=O)c(/C=C/C(=O)O)c(N4CCN(C(=O)[C@@H](N)CCCN=C(N)N)CC4)nc3c2)n1. The van der Waals surface area contributed by atoms with Crippen molar-refractivity contribution >= 4 is 57.8 Å². The number of nitrogens with zero attached hydrogens (tertiary/aromatic N) is 6. The molecule has 2 amide bonds. The van der Waals surface area contributed by atoms with E-state index in [0.29, 0.717) is 50.7 Å². The Labute approximate surface area is 263 Å². The summed E-state index contributed by atoms with van der Waals surface area (Å²) in [5, 5.41) is 14.4. The number of anilines is 2. The number of amides is 2. The number of pyridine rings is 1. The zero-order valence-corrected chi connectivity index (χ0v) is 26.2. The van der Waals surface area contributed by atoms with Crippen molar-refractivity contribution in [1.82, 2.24) is 19.3 Å². The first-order valence-corrected chi connectivity index (χ1v) is 15.2. The topological polar surface area (TPSA) is 228 Å². The van der Waals surface area contributed by atoms with E-state index in [4.69, 9.17) is 17.2 Å². The summed E-state index contributed by atoms with van der Waals surface area (Å²) in [6, 6.07) is 2.26. The van der Waals surface area contributed by atoms with E-state index in [9.17, 15) is 24.3 Å². The van der Waals surface area contributed by atoms with Crippen LogP contribution in [0, 0.1) is 0 Å². The highest BCUT2D eigenvalue weighted by atomic mass is 32.1. The van der Waals surface area contributed by atoms with Crippen LogP contribution in [-0.4, -0.2) is 86.9 Å². The molecule has 3 aromatic heterocycles. The number of carboxylic acid groups (broad SMARTS) is 1. The molecule has 0 aromatic carbocycles. The number of aliphatic carboxylic acids is 1. The number of carboxylic acids is 1. The van der Waals surface area contributed by atoms with Crippen LogP contribution in [0.4, 0.5) is 10.9 Å². The fraction of sp³-hybridized carbons (Fsp3) is 0.414. The summed E-state index contributed by atoms with van der Waals surface area (Å²) >= 11 is 1.32. The summed E-state index contributed by atoms with van der Waals surface area (Å²) in [7, 11) is 0. The number of thiazole rings is 1. The monoisotopic (exact) mass is 638 g/mol. The molecule has 1 aliphatic rings. The Hall–Kier alpha value is -4.83. The standard InChI is InChI=1S/C29H38N10O5S/c1-29(2,3)20-16-45-28(34-20)36-24(42)17-8-10-39-21(15-17)35-23(18(25(39)43)6-7-22(40)41)37-11-13-38(14-12-37)26(44)19(30)5-4-9-33-27(31)32/h6-8,10,15-16,19H,4-5,9,11-14,30H2,1-3H3,(H,40,41)(H4,31,32,33)(H,34,36,42)/b7-6+/t19-/m0/s1. The van der Waals surface area contributed by atoms with E-state index in [-0.39, 0.29) is 39.9 Å². The van der Waals surface area contributed by atoms with E-state index >= 15 is 0 Å². The van der Waals surface area contributed by atoms with Gasteiger partial charge in [-0.05, 0) is 31.1 Å². The van der Waals surface area contributed by atoms with Crippen molar-refractivity contribution in [3.8, 4) is 0 Å². The maximum absolute atomic E-state index is 13.5. The summed E-state index contributed by atoms with van der Waals surface area (Å²) in [6.45, 7) is 7.75. The Morgan fingerprint density at radius 1 is 1.18 bits per heavy atom. The van der Waals surface area contributed by atoms with Gasteiger partial charge in [0.2, 0.25) is 5.91 Å². The van der Waals surface area contributed by atoms with Crippen molar-refractivity contribution in [2.45, 2.75) is 45.1 Å². The molecule has 4 heterocycles. The van der Waals surface area contributed by atoms with Gasteiger partial charge in [-0.2, -0.15) is 0 Å². The summed E-state index contributed by atoms with van der Waals surface area (Å²) in [6.07, 6.45) is 4.47. The van der Waals surface area contributed by atoms with Crippen molar-refractivity contribution in [2.24, 2.45) is 22.2 Å². The number of hydrogen-bond acceptors (Lipinski definition) is 10. The molecule has 45 heavy (non-hydrogen) atoms. The highest BCUT2D eigenvalue weighted by Crippen LogP contribution is 2.27. The van der Waals surface area contributed by atoms with Gasteiger partial charge in [0.05, 0.1) is 17.3 Å². The predicted octanol–water partition coefficient (Wildman–Crippen LogP) is 0.828. The van der Waals surface area contributed by atoms with Gasteiger partial charge in [0.15, 0.2) is 11.1 Å². The Balaban J connectivity index is 1.56. The van der Waals surface area contributed by atoms with E-state index in [1.807, 2.05) is 31.1 Å². The highest BCUT2D eigenvalue weighted by Gasteiger charge is 2.28. The number of aliphatic imine (C=N–C) groups is 1. The summed E-state index contributed by atoms with van der Waals surface area (Å²) in [5.74, 6) is -1.62. The molecule has 0 spiro atoms. The molecule has 1 saturated heterocycles. The number of carbonyl (C=O) groups is 3. The molecule has 0 saturated carbocycles. The smallest absolute Gasteiger partial charge is 0.328 e. The Bertz CT molecular complexity index is 1700. The predicted molar refractivity (Wildman–Crippen MR) is 174 cm³/mol. The van der Waals surface area contributed by atoms with Gasteiger partial charge in [-0.3, -0.25) is 29.1 Å². The van der Waals surface area contributed by atoms with Crippen LogP contribution in [0.2, 0.25) is 0 Å². The molecule has 4 rings (SSSR count). The van der Waals surface area contributed by atoms with Gasteiger partial charge in [-0.25, -0.2) is 14.8 Å². The number of rotatable bonds is 10. The highest BCUT2D eigenvalue weighted by molar-refractivity contribution is 7.14. The summed E-state index contributed by atoms with van der Waals surface area (Å²) < 4.78 is 1.25. The first-order valence-electron chi connectivity index (χ1n) is 14.3. The molecule has 8 N–H and O–H groups in total. The molecule has 16 heteroatoms. The van der Waals surface area contributed by atoms with Crippen LogP contribution in [0.5, 0.6) is 0 Å². The second kappa shape index (κ2) is 13.9. The second-order valence-corrected chi connectivity index (χ2v) is 12.4. The Morgan fingerprint density at radius 2 is 1.89 bits per heavy atom. The van der Waals surface area contributed by atoms with Crippen LogP contribution in [-0.2, 0) is 15.0 Å². The maximum atomic E-state index is 13.5. The molecule has 3 aromatic rings. The first-order chi connectivity index (χ1) is 21.2. The molecular formula is C29H38N10O5S. The lowest BCUT2D eigenvalue weighted by Crippen LogP contribution is -2.53. The van der Waals surface area contributed by atoms with E-state index in [2.05, 4.69) is 20.3 Å². The molecular weight excluding hydrogens is 600 g/mol. The number of aromatic nitrogens is 3. The zero-order valence-electron chi connectivity index (χ0n) is 25.4. The molecule has 15 nitrogen and oxygen atoms in total. The fourth-order valence-corrected chi connectivity index (χ4v) is 5.62. The third kappa shape index (κ3) is 8.21. The van der Waals surface area contributed by atoms with Gasteiger partial charge in [-0.1, -0.05) is 20.8 Å². The van der Waals surface area contributed by atoms with Crippen molar-refractivity contribution in [1.29, 1.82) is 0 Å². The lowest BCUT2D eigenvalue weighted by atomic mass is 9.93. The van der Waals surface area contributed by atoms with E-state index in [1.54, 1.807) is 4.90 Å². The average Bonchev–Trinajstić information content (AvgIpc) is 3.47. The normalized spacial score (nSPS) is 14.5. The lowest BCUT2D eigenvalue weighted by Gasteiger charge is -2.37. The molecule has 240 valence electrons. The lowest BCUT2D eigenvalue weighted by molar-refractivity contribution is -0.133. The average molecular weight is 639 g/mol. The summed E-state index contributed by atoms with van der Waals surface area (Å²) in [4.78, 5) is 67.4. The molecule has 1 fully saturated rings. The number of nitrogens with two attached hydrogens (primary N) is 3. The molecule has 0 bridgehead atoms. The second-order valence-electron chi connectivity index (χ2n) is 11.6. The maximum Gasteiger partial charge on any atom is 0.328 e. The molecule has 1 aliphatic heterocycles. The van der Waals surface area contributed by atoms with Gasteiger partial charge in [-0.15, -0.1) is 11.3 Å². The van der Waals surface area contributed by atoms with Gasteiger partial charge < -0.3 is 32.1 Å². The molecule has 1 atom stereocenters. The van der Waals surface area contributed by atoms with Crippen molar-refractivity contribution in [3.63, 3.8) is 0 Å². The summed E-state index contributed by atoms with van der Waals surface area (Å²) in [5.41, 5.74) is 17.5. The first kappa shape index (κ1) is 33.1. The molecule has 0 radical (unpaired) electrons. The molecule has 0 aliphatic carbocycles. The van der Waals surface area contributed by atoms with Gasteiger partial charge in [0.25, 0.3) is 11.5 Å². The van der Waals surface area contributed by atoms with Crippen molar-refractivity contribution in [3.05, 3.63) is 57.0 Å². The van der Waals surface area contributed by atoms with Crippen LogP contribution in [0.3, 0.4) is 0 Å².